The number of allylic oxidation sites excluding steroid dienone is 2. The van der Waals surface area contributed by atoms with Gasteiger partial charge in [0, 0.05) is 0 Å². The van der Waals surface area contributed by atoms with Crippen molar-refractivity contribution in [1.82, 2.24) is 0 Å². The van der Waals surface area contributed by atoms with E-state index in [2.05, 4.69) is 40.7 Å². The summed E-state index contributed by atoms with van der Waals surface area (Å²) >= 11 is 0. The molecule has 8 fully saturated rings. The topological polar surface area (TPSA) is 400 Å². The first-order valence-corrected chi connectivity index (χ1v) is 28.8. The summed E-state index contributed by atoms with van der Waals surface area (Å²) in [4.78, 5) is 23.6. The highest BCUT2D eigenvalue weighted by Crippen LogP contribution is 2.76. The van der Waals surface area contributed by atoms with E-state index < -0.39 is 190 Å². The third-order valence-electron chi connectivity index (χ3n) is 21.1. The van der Waals surface area contributed by atoms with E-state index in [0.29, 0.717) is 38.5 Å². The van der Waals surface area contributed by atoms with Crippen LogP contribution in [0.25, 0.3) is 0 Å². The molecule has 8 rings (SSSR count). The molecule has 0 aromatic heterocycles. The number of hydrogen-bond donors (Lipinski definition) is 14. The molecule has 0 spiro atoms. The van der Waals surface area contributed by atoms with Crippen LogP contribution >= 0.6 is 0 Å². The van der Waals surface area contributed by atoms with Crippen molar-refractivity contribution in [2.24, 2.45) is 45.3 Å². The first-order valence-electron chi connectivity index (χ1n) is 28.8. The predicted octanol–water partition coefficient (Wildman–Crippen LogP) is -1.54. The highest BCUT2D eigenvalue weighted by molar-refractivity contribution is 5.90. The summed E-state index contributed by atoms with van der Waals surface area (Å²) in [5.74, 6) is -3.42. The lowest BCUT2D eigenvalue weighted by atomic mass is 9.35. The van der Waals surface area contributed by atoms with Crippen molar-refractivity contribution in [2.45, 2.75) is 254 Å². The normalized spacial score (nSPS) is 49.4. The molecule has 0 amide bonds. The van der Waals surface area contributed by atoms with E-state index in [1.54, 1.807) is 0 Å². The molecule has 81 heavy (non-hydrogen) atoms. The molecule has 4 heterocycles. The van der Waals surface area contributed by atoms with Crippen molar-refractivity contribution >= 4 is 11.9 Å². The van der Waals surface area contributed by atoms with Crippen LogP contribution in [0.15, 0.2) is 11.6 Å². The molecule has 25 heteroatoms. The molecule has 466 valence electrons. The molecular weight excluding hydrogens is 1070 g/mol. The van der Waals surface area contributed by atoms with Crippen LogP contribution in [0.4, 0.5) is 0 Å². The van der Waals surface area contributed by atoms with Gasteiger partial charge in [-0.05, 0) is 124 Å². The Morgan fingerprint density at radius 1 is 0.605 bits per heavy atom. The van der Waals surface area contributed by atoms with Crippen LogP contribution in [0.2, 0.25) is 0 Å². The van der Waals surface area contributed by atoms with Crippen LogP contribution in [-0.4, -0.2) is 244 Å². The van der Waals surface area contributed by atoms with Crippen LogP contribution in [0.5, 0.6) is 0 Å². The molecule has 8 aliphatic rings. The van der Waals surface area contributed by atoms with Crippen molar-refractivity contribution in [2.75, 3.05) is 26.4 Å². The Kier molecular flexibility index (Phi) is 19.9. The highest BCUT2D eigenvalue weighted by atomic mass is 16.8. The Morgan fingerprint density at radius 3 is 1.80 bits per heavy atom. The van der Waals surface area contributed by atoms with Crippen molar-refractivity contribution in [3.63, 3.8) is 0 Å². The Labute approximate surface area is 472 Å². The number of carboxylic acids is 1. The molecule has 14 N–H and O–H groups in total. The molecule has 0 radical (unpaired) electrons. The maximum Gasteiger partial charge on any atom is 0.317 e. The molecule has 0 bridgehead atoms. The lowest BCUT2D eigenvalue weighted by molar-refractivity contribution is -0.378. The molecule has 4 saturated heterocycles. The smallest absolute Gasteiger partial charge is 0.317 e. The van der Waals surface area contributed by atoms with Crippen LogP contribution in [0.1, 0.15) is 120 Å². The number of fused-ring (bicyclic) bond motifs is 5. The van der Waals surface area contributed by atoms with Gasteiger partial charge in [0.15, 0.2) is 31.3 Å². The molecule has 4 aliphatic heterocycles. The van der Waals surface area contributed by atoms with E-state index in [1.807, 2.05) is 20.8 Å². The van der Waals surface area contributed by atoms with Crippen molar-refractivity contribution < 1.29 is 124 Å². The number of aliphatic hydroxyl groups excluding tert-OH is 13. The van der Waals surface area contributed by atoms with Gasteiger partial charge in [-0.3, -0.25) is 9.59 Å². The molecule has 4 aliphatic carbocycles. The molecule has 0 aromatic rings. The fraction of sp³-hybridized carbons (Fsp3) is 0.929. The first kappa shape index (κ1) is 64.8. The second kappa shape index (κ2) is 24.9. The minimum absolute atomic E-state index is 0.00362. The van der Waals surface area contributed by atoms with Gasteiger partial charge in [-0.1, -0.05) is 46.3 Å². The van der Waals surface area contributed by atoms with Crippen LogP contribution in [0.3, 0.4) is 0 Å². The number of carboxylic acid groups (broad SMARTS) is 1. The highest BCUT2D eigenvalue weighted by Gasteiger charge is 2.72. The third-order valence-corrected chi connectivity index (χ3v) is 21.1. The zero-order chi connectivity index (χ0) is 59.6. The lowest BCUT2D eigenvalue weighted by Gasteiger charge is -2.71. The quantitative estimate of drug-likeness (QED) is 0.0302. The molecule has 4 saturated carbocycles. The summed E-state index contributed by atoms with van der Waals surface area (Å²) in [5.41, 5.74) is -1.75. The van der Waals surface area contributed by atoms with Crippen LogP contribution in [-0.2, 0) is 52.2 Å². The van der Waals surface area contributed by atoms with Gasteiger partial charge in [-0.25, -0.2) is 0 Å². The second-order valence-electron chi connectivity index (χ2n) is 26.3. The Balaban J connectivity index is 1.01. The lowest BCUT2D eigenvalue weighted by Crippen LogP contribution is -2.68. The molecule has 25 nitrogen and oxygen atoms in total. The Bertz CT molecular complexity index is 2180. The number of aliphatic hydroxyl groups is 13. The maximum absolute atomic E-state index is 12.9. The minimum atomic E-state index is -2.01. The molecular formula is C56H92O25. The predicted molar refractivity (Wildman–Crippen MR) is 276 cm³/mol. The fourth-order valence-corrected chi connectivity index (χ4v) is 16.5. The number of aliphatic carboxylic acids is 1. The number of carbonyl (C=O) groups excluding carboxylic acids is 1. The van der Waals surface area contributed by atoms with Crippen molar-refractivity contribution in [1.29, 1.82) is 0 Å². The molecule has 29 atom stereocenters. The van der Waals surface area contributed by atoms with Gasteiger partial charge in [0.2, 0.25) is 0 Å². The van der Waals surface area contributed by atoms with Gasteiger partial charge >= 0.3 is 11.9 Å². The zero-order valence-corrected chi connectivity index (χ0v) is 47.7. The maximum atomic E-state index is 12.9. The van der Waals surface area contributed by atoms with E-state index in [4.69, 9.17) is 47.7 Å². The largest absolute Gasteiger partial charge is 0.481 e. The average molecular weight is 1170 g/mol. The summed E-state index contributed by atoms with van der Waals surface area (Å²) in [5, 5.41) is 151. The van der Waals surface area contributed by atoms with E-state index in [1.165, 1.54) is 0 Å². The van der Waals surface area contributed by atoms with Gasteiger partial charge in [-0.15, -0.1) is 0 Å². The van der Waals surface area contributed by atoms with Crippen molar-refractivity contribution in [3.05, 3.63) is 11.6 Å². The van der Waals surface area contributed by atoms with Crippen LogP contribution in [0, 0.1) is 45.3 Å². The number of esters is 1. The number of hydrogen-bond acceptors (Lipinski definition) is 24. The van der Waals surface area contributed by atoms with E-state index in [0.717, 1.165) is 24.8 Å². The Morgan fingerprint density at radius 2 is 1.17 bits per heavy atom. The van der Waals surface area contributed by atoms with Gasteiger partial charge < -0.3 is 114 Å². The minimum Gasteiger partial charge on any atom is -0.481 e. The van der Waals surface area contributed by atoms with Gasteiger partial charge in [-0.2, -0.15) is 0 Å². The summed E-state index contributed by atoms with van der Waals surface area (Å²) in [6.07, 6.45) is -25.3. The summed E-state index contributed by atoms with van der Waals surface area (Å²) in [7, 11) is 0. The zero-order valence-electron chi connectivity index (χ0n) is 47.7. The van der Waals surface area contributed by atoms with Gasteiger partial charge in [0.25, 0.3) is 0 Å². The monoisotopic (exact) mass is 1160 g/mol. The van der Waals surface area contributed by atoms with Crippen molar-refractivity contribution in [3.8, 4) is 0 Å². The standard InChI is InChI=1S/C56H92O25/c1-24(2)10-9-14-56(8,81-50-44(71)41(68)39(66)30(77-50)23-73-48-43(70)38(65)28(21-58)74-48)25-11-16-55(7)36(25)26(60)18-32-53(5)15-13-33(52(3,4)31(53)12-17-54(32,55)6)78-51-47(42(69)37(64)27(20-57)76-51)80-49-45(72)46(40(67)29(22-59)75-49)79-35(63)19-34(61)62/h10,25-33,36-51,57-60,64-72H,9,11-23H2,1-8H3,(H,61,62)/t25-,26+,27+,28-,29+,30+,31-,32+,33-,36-,37+,38-,39+,40+,41-,42-,43+,44+,45+,46-,47+,48+,49-,50-,51-,53-,54+,55+,56-/m0/s1. The number of ether oxygens (including phenoxy) is 9. The first-order chi connectivity index (χ1) is 37.9. The number of carbonyl (C=O) groups is 2. The fourth-order valence-electron chi connectivity index (χ4n) is 16.5. The second-order valence-corrected chi connectivity index (χ2v) is 26.3. The van der Waals surface area contributed by atoms with Crippen LogP contribution < -0.4 is 0 Å². The Hall–Kier alpha value is -2.16. The van der Waals surface area contributed by atoms with E-state index >= 15 is 0 Å². The summed E-state index contributed by atoms with van der Waals surface area (Å²) in [6, 6.07) is 0. The molecule has 0 unspecified atom stereocenters. The average Bonchev–Trinajstić information content (AvgIpc) is 2.86. The molecule has 0 aromatic carbocycles. The van der Waals surface area contributed by atoms with E-state index in [-0.39, 0.29) is 34.5 Å². The van der Waals surface area contributed by atoms with Gasteiger partial charge in [0.05, 0.1) is 44.2 Å². The number of rotatable bonds is 19. The van der Waals surface area contributed by atoms with Gasteiger partial charge in [0.1, 0.15) is 91.9 Å². The SMILES string of the molecule is CC(C)=CCC[C@](C)(O[C@@H]1O[C@H](CO[C@@H]2O[C@@H](CO)[C@H](O)[C@H]2O)[C@@H](O)[C@H](O)[C@H]1O)[C@H]1CC[C@]2(C)[C@@H]1[C@H](O)C[C@@H]1[C@@]3(C)CC[C@H](O[C@@H]4O[C@H](CO)[C@@H](O)[C@H](O)[C@H]4O[C@@H]4O[C@H](CO)[C@@H](O)[C@H](OC(=O)CC(=O)O)[C@H]4O)C(C)(C)[C@@H]3CC[C@]12C. The third kappa shape index (κ3) is 11.9. The summed E-state index contributed by atoms with van der Waals surface area (Å²) in [6.45, 7) is 14.4. The summed E-state index contributed by atoms with van der Waals surface area (Å²) < 4.78 is 54.2. The van der Waals surface area contributed by atoms with E-state index in [9.17, 15) is 76.0 Å².